The van der Waals surface area contributed by atoms with Crippen LogP contribution in [0.3, 0.4) is 0 Å². The van der Waals surface area contributed by atoms with E-state index in [1.54, 1.807) is 6.16 Å². The molecular formula is C16H33P. The molecule has 0 amide bonds. The van der Waals surface area contributed by atoms with Crippen LogP contribution in [0.15, 0.2) is 0 Å². The summed E-state index contributed by atoms with van der Waals surface area (Å²) in [6.45, 7) is 9.86. The molecule has 0 radical (unpaired) electrons. The van der Waals surface area contributed by atoms with Crippen LogP contribution in [-0.2, 0) is 0 Å². The van der Waals surface area contributed by atoms with E-state index in [4.69, 9.17) is 0 Å². The van der Waals surface area contributed by atoms with E-state index in [1.165, 1.54) is 57.8 Å². The zero-order chi connectivity index (χ0) is 12.7. The molecule has 3 atom stereocenters. The Morgan fingerprint density at radius 2 is 1.82 bits per heavy atom. The maximum atomic E-state index is 2.61. The molecule has 0 aromatic rings. The first-order chi connectivity index (χ1) is 8.14. The summed E-state index contributed by atoms with van der Waals surface area (Å²) in [6, 6.07) is 0. The fraction of sp³-hybridized carbons (Fsp3) is 1.00. The van der Waals surface area contributed by atoms with Gasteiger partial charge in [0.15, 0.2) is 0 Å². The van der Waals surface area contributed by atoms with Crippen LogP contribution in [0.4, 0.5) is 0 Å². The molecule has 1 aliphatic heterocycles. The van der Waals surface area contributed by atoms with Crippen molar-refractivity contribution in [2.24, 2.45) is 5.41 Å². The van der Waals surface area contributed by atoms with Crippen LogP contribution in [0, 0.1) is 5.41 Å². The summed E-state index contributed by atoms with van der Waals surface area (Å²) < 4.78 is 0. The van der Waals surface area contributed by atoms with Gasteiger partial charge in [0.1, 0.15) is 0 Å². The van der Waals surface area contributed by atoms with E-state index >= 15 is 0 Å². The highest BCUT2D eigenvalue weighted by atomic mass is 31.1. The second kappa shape index (κ2) is 7.78. The summed E-state index contributed by atoms with van der Waals surface area (Å²) >= 11 is 0. The predicted octanol–water partition coefficient (Wildman–Crippen LogP) is 6.04. The Morgan fingerprint density at radius 1 is 1.06 bits per heavy atom. The molecule has 0 aliphatic carbocycles. The lowest BCUT2D eigenvalue weighted by Crippen LogP contribution is -2.29. The smallest absolute Gasteiger partial charge is 0.0158 e. The highest BCUT2D eigenvalue weighted by Crippen LogP contribution is 2.57. The molecule has 1 heterocycles. The van der Waals surface area contributed by atoms with Crippen LogP contribution in [0.1, 0.15) is 78.6 Å². The van der Waals surface area contributed by atoms with Crippen molar-refractivity contribution in [2.75, 3.05) is 12.8 Å². The molecule has 102 valence electrons. The number of hydrogen-bond donors (Lipinski definition) is 0. The minimum atomic E-state index is 0.348. The van der Waals surface area contributed by atoms with Gasteiger partial charge in [0, 0.05) is 0 Å². The van der Waals surface area contributed by atoms with E-state index < -0.39 is 0 Å². The molecule has 0 nitrogen and oxygen atoms in total. The summed E-state index contributed by atoms with van der Waals surface area (Å²) in [6.07, 6.45) is 14.7. The third-order valence-corrected chi connectivity index (χ3v) is 7.71. The zero-order valence-electron chi connectivity index (χ0n) is 12.6. The van der Waals surface area contributed by atoms with Gasteiger partial charge in [0.25, 0.3) is 0 Å². The Morgan fingerprint density at radius 3 is 2.35 bits per heavy atom. The van der Waals surface area contributed by atoms with Crippen molar-refractivity contribution < 1.29 is 0 Å². The van der Waals surface area contributed by atoms with Crippen LogP contribution >= 0.6 is 7.92 Å². The third kappa shape index (κ3) is 4.55. The normalized spacial score (nSPS) is 28.2. The Labute approximate surface area is 111 Å². The van der Waals surface area contributed by atoms with Gasteiger partial charge in [-0.05, 0) is 49.6 Å². The van der Waals surface area contributed by atoms with Gasteiger partial charge in [-0.15, -0.1) is 7.92 Å². The molecule has 0 aromatic heterocycles. The van der Waals surface area contributed by atoms with Crippen LogP contribution in [-0.4, -0.2) is 18.5 Å². The van der Waals surface area contributed by atoms with Crippen LogP contribution in [0.5, 0.6) is 0 Å². The average Bonchev–Trinajstić information content (AvgIpc) is 2.72. The van der Waals surface area contributed by atoms with Gasteiger partial charge in [-0.2, -0.15) is 0 Å². The maximum Gasteiger partial charge on any atom is -0.0158 e. The number of rotatable bonds is 8. The SMILES string of the molecule is CCCCCCC(C)(CCC)C1CCCP1C. The van der Waals surface area contributed by atoms with Crippen molar-refractivity contribution in [3.05, 3.63) is 0 Å². The summed E-state index contributed by atoms with van der Waals surface area (Å²) in [4.78, 5) is 0. The molecule has 1 rings (SSSR count). The van der Waals surface area contributed by atoms with Crippen LogP contribution in [0.2, 0.25) is 0 Å². The summed E-state index contributed by atoms with van der Waals surface area (Å²) in [5.74, 6) is 0. The maximum absolute atomic E-state index is 2.61. The van der Waals surface area contributed by atoms with Crippen LogP contribution < -0.4 is 0 Å². The van der Waals surface area contributed by atoms with Gasteiger partial charge in [-0.1, -0.05) is 52.9 Å². The lowest BCUT2D eigenvalue weighted by atomic mass is 9.76. The number of unbranched alkanes of at least 4 members (excludes halogenated alkanes) is 3. The second-order valence-electron chi connectivity index (χ2n) is 6.35. The molecule has 0 aromatic carbocycles. The van der Waals surface area contributed by atoms with Gasteiger partial charge in [-0.3, -0.25) is 0 Å². The van der Waals surface area contributed by atoms with Crippen molar-refractivity contribution in [1.29, 1.82) is 0 Å². The standard InChI is InChI=1S/C16H33P/c1-5-7-8-9-13-16(3,12-6-2)15-11-10-14-17(15)4/h15H,5-14H2,1-4H3. The summed E-state index contributed by atoms with van der Waals surface area (Å²) in [5.41, 5.74) is 1.76. The second-order valence-corrected chi connectivity index (χ2v) is 8.94. The van der Waals surface area contributed by atoms with E-state index in [1.807, 2.05) is 0 Å². The monoisotopic (exact) mass is 256 g/mol. The molecule has 1 aliphatic rings. The van der Waals surface area contributed by atoms with Crippen molar-refractivity contribution in [3.8, 4) is 0 Å². The third-order valence-electron chi connectivity index (χ3n) is 4.75. The van der Waals surface area contributed by atoms with E-state index in [0.29, 0.717) is 13.3 Å². The molecule has 0 bridgehead atoms. The minimum Gasteiger partial charge on any atom is -0.106 e. The zero-order valence-corrected chi connectivity index (χ0v) is 13.5. The van der Waals surface area contributed by atoms with Crippen LogP contribution in [0.25, 0.3) is 0 Å². The Bertz CT molecular complexity index is 202. The Kier molecular flexibility index (Phi) is 7.08. The quantitative estimate of drug-likeness (QED) is 0.367. The van der Waals surface area contributed by atoms with Gasteiger partial charge in [0.05, 0.1) is 0 Å². The fourth-order valence-electron chi connectivity index (χ4n) is 3.78. The first-order valence-corrected chi connectivity index (χ1v) is 9.88. The fourth-order valence-corrected chi connectivity index (χ4v) is 6.71. The molecule has 3 unspecified atom stereocenters. The van der Waals surface area contributed by atoms with Gasteiger partial charge in [0.2, 0.25) is 0 Å². The topological polar surface area (TPSA) is 0 Å². The molecule has 1 heteroatoms. The first kappa shape index (κ1) is 15.5. The highest BCUT2D eigenvalue weighted by Gasteiger charge is 2.38. The van der Waals surface area contributed by atoms with Crippen molar-refractivity contribution in [2.45, 2.75) is 84.2 Å². The van der Waals surface area contributed by atoms with Crippen molar-refractivity contribution in [3.63, 3.8) is 0 Å². The molecule has 17 heavy (non-hydrogen) atoms. The minimum absolute atomic E-state index is 0.348. The first-order valence-electron chi connectivity index (χ1n) is 7.84. The molecule has 1 saturated heterocycles. The molecule has 1 fully saturated rings. The van der Waals surface area contributed by atoms with Gasteiger partial charge >= 0.3 is 0 Å². The Balaban J connectivity index is 2.48. The van der Waals surface area contributed by atoms with E-state index in [-0.39, 0.29) is 0 Å². The van der Waals surface area contributed by atoms with E-state index in [2.05, 4.69) is 27.4 Å². The number of hydrogen-bond acceptors (Lipinski definition) is 0. The van der Waals surface area contributed by atoms with E-state index in [9.17, 15) is 0 Å². The lowest BCUT2D eigenvalue weighted by Gasteiger charge is -2.38. The molecule has 0 N–H and O–H groups in total. The van der Waals surface area contributed by atoms with Gasteiger partial charge in [-0.25, -0.2) is 0 Å². The molecule has 0 spiro atoms. The summed E-state index contributed by atoms with van der Waals surface area (Å²) in [5, 5.41) is 0. The van der Waals surface area contributed by atoms with Gasteiger partial charge < -0.3 is 0 Å². The lowest BCUT2D eigenvalue weighted by molar-refractivity contribution is 0.243. The predicted molar refractivity (Wildman–Crippen MR) is 82.5 cm³/mol. The largest absolute Gasteiger partial charge is 0.106 e. The summed E-state index contributed by atoms with van der Waals surface area (Å²) in [7, 11) is 0.348. The highest BCUT2D eigenvalue weighted by molar-refractivity contribution is 7.58. The average molecular weight is 256 g/mol. The molecule has 0 saturated carbocycles. The van der Waals surface area contributed by atoms with Crippen molar-refractivity contribution >= 4 is 7.92 Å². The van der Waals surface area contributed by atoms with E-state index in [0.717, 1.165) is 5.66 Å². The molecular weight excluding hydrogens is 223 g/mol. The Hall–Kier alpha value is 0.430. The van der Waals surface area contributed by atoms with Crippen molar-refractivity contribution in [1.82, 2.24) is 0 Å².